The average molecular weight is 416 g/mol. The fourth-order valence-corrected chi connectivity index (χ4v) is 2.47. The lowest BCUT2D eigenvalue weighted by Crippen LogP contribution is -2.28. The monoisotopic (exact) mass is 416 g/mol. The van der Waals surface area contributed by atoms with Crippen LogP contribution in [-0.2, 0) is 18.9 Å². The van der Waals surface area contributed by atoms with Crippen molar-refractivity contribution in [3.8, 4) is 11.5 Å². The van der Waals surface area contributed by atoms with Crippen molar-refractivity contribution in [1.82, 2.24) is 0 Å². The predicted octanol–water partition coefficient (Wildman–Crippen LogP) is 1.82. The lowest BCUT2D eigenvalue weighted by molar-refractivity contribution is -0.394. The Morgan fingerprint density at radius 2 is 1.62 bits per heavy atom. The van der Waals surface area contributed by atoms with E-state index in [1.807, 2.05) is 0 Å². The van der Waals surface area contributed by atoms with E-state index < -0.39 is 33.1 Å². The summed E-state index contributed by atoms with van der Waals surface area (Å²) in [4.78, 5) is 20.3. The summed E-state index contributed by atoms with van der Waals surface area (Å²) in [6.45, 7) is 2.91. The van der Waals surface area contributed by atoms with E-state index in [2.05, 4.69) is 0 Å². The molecule has 1 unspecified atom stereocenters. The number of benzene rings is 1. The van der Waals surface area contributed by atoms with Gasteiger partial charge >= 0.3 is 5.69 Å². The number of phenols is 1. The van der Waals surface area contributed by atoms with Crippen molar-refractivity contribution >= 4 is 11.4 Å². The molecule has 29 heavy (non-hydrogen) atoms. The highest BCUT2D eigenvalue weighted by Gasteiger charge is 2.25. The molecule has 1 aromatic carbocycles. The average Bonchev–Trinajstić information content (AvgIpc) is 2.69. The van der Waals surface area contributed by atoms with Gasteiger partial charge in [0.15, 0.2) is 5.75 Å². The van der Waals surface area contributed by atoms with E-state index in [0.717, 1.165) is 6.07 Å². The third-order valence-corrected chi connectivity index (χ3v) is 3.91. The Balaban J connectivity index is 2.02. The normalized spacial score (nSPS) is 19.8. The zero-order valence-corrected chi connectivity index (χ0v) is 15.8. The Bertz CT molecular complexity index is 670. The molecule has 1 aliphatic rings. The van der Waals surface area contributed by atoms with Gasteiger partial charge in [0.25, 0.3) is 5.69 Å². The summed E-state index contributed by atoms with van der Waals surface area (Å²) in [7, 11) is 0. The molecule has 1 heterocycles. The minimum Gasteiger partial charge on any atom is -0.500 e. The van der Waals surface area contributed by atoms with Gasteiger partial charge in [0.1, 0.15) is 12.7 Å². The lowest BCUT2D eigenvalue weighted by Gasteiger charge is -2.19. The Morgan fingerprint density at radius 3 is 2.28 bits per heavy atom. The summed E-state index contributed by atoms with van der Waals surface area (Å²) in [5.41, 5.74) is -1.38. The molecular formula is C17H24N2O10. The summed E-state index contributed by atoms with van der Waals surface area (Å²) in [5.74, 6) is -1.15. The molecule has 12 nitrogen and oxygen atoms in total. The zero-order chi connectivity index (χ0) is 21.1. The molecule has 0 saturated carbocycles. The minimum atomic E-state index is -0.918. The second-order valence-electron chi connectivity index (χ2n) is 6.14. The third-order valence-electron chi connectivity index (χ3n) is 3.91. The molecule has 1 aromatic rings. The second kappa shape index (κ2) is 12.1. The van der Waals surface area contributed by atoms with Gasteiger partial charge in [-0.05, 0) is 12.8 Å². The first-order valence-corrected chi connectivity index (χ1v) is 9.12. The first-order valence-electron chi connectivity index (χ1n) is 9.12. The molecule has 0 bridgehead atoms. The van der Waals surface area contributed by atoms with Crippen LogP contribution in [0.3, 0.4) is 0 Å². The fraction of sp³-hybridized carbons (Fsp3) is 0.647. The molecule has 1 fully saturated rings. The highest BCUT2D eigenvalue weighted by molar-refractivity contribution is 5.61. The van der Waals surface area contributed by atoms with Crippen molar-refractivity contribution in [3.63, 3.8) is 0 Å². The standard InChI is InChI=1S/C17H24N2O10/c20-17-15(19(23)24)9-13(18(21)22)10-16(17)29-12-14-11-27-5-1-3-25-7-8-26-4-2-6-28-14/h9-10,14,20H,1-8,11-12H2. The van der Waals surface area contributed by atoms with Gasteiger partial charge in [-0.1, -0.05) is 0 Å². The quantitative estimate of drug-likeness (QED) is 0.555. The van der Waals surface area contributed by atoms with E-state index in [9.17, 15) is 25.3 Å². The molecule has 0 amide bonds. The van der Waals surface area contributed by atoms with Crippen molar-refractivity contribution in [2.45, 2.75) is 18.9 Å². The number of nitrogens with zero attached hydrogens (tertiary/aromatic N) is 2. The summed E-state index contributed by atoms with van der Waals surface area (Å²) in [6.07, 6.45) is 0.770. The number of nitro benzene ring substituents is 2. The van der Waals surface area contributed by atoms with Crippen LogP contribution >= 0.6 is 0 Å². The molecule has 1 aliphatic heterocycles. The molecule has 0 aromatic heterocycles. The topological polar surface area (TPSA) is 153 Å². The molecule has 12 heteroatoms. The number of phenolic OH excluding ortho intramolecular Hbond substituents is 1. The van der Waals surface area contributed by atoms with E-state index in [4.69, 9.17) is 23.7 Å². The van der Waals surface area contributed by atoms with E-state index in [-0.39, 0.29) is 19.0 Å². The van der Waals surface area contributed by atoms with Crippen LogP contribution in [0.1, 0.15) is 12.8 Å². The first kappa shape index (κ1) is 22.7. The minimum absolute atomic E-state index is 0.122. The smallest absolute Gasteiger partial charge is 0.321 e. The number of hydrogen-bond donors (Lipinski definition) is 1. The highest BCUT2D eigenvalue weighted by Crippen LogP contribution is 2.39. The Morgan fingerprint density at radius 1 is 0.966 bits per heavy atom. The van der Waals surface area contributed by atoms with Gasteiger partial charge in [0.05, 0.1) is 41.8 Å². The maximum Gasteiger partial charge on any atom is 0.321 e. The molecule has 0 spiro atoms. The van der Waals surface area contributed by atoms with Gasteiger partial charge in [-0.15, -0.1) is 0 Å². The number of non-ortho nitro benzene ring substituents is 1. The molecule has 1 saturated heterocycles. The van der Waals surface area contributed by atoms with Gasteiger partial charge in [-0.3, -0.25) is 20.2 Å². The molecular weight excluding hydrogens is 392 g/mol. The van der Waals surface area contributed by atoms with Crippen LogP contribution in [0.2, 0.25) is 0 Å². The van der Waals surface area contributed by atoms with E-state index in [1.54, 1.807) is 0 Å². The van der Waals surface area contributed by atoms with Crippen molar-refractivity contribution < 1.29 is 38.6 Å². The molecule has 2 rings (SSSR count). The van der Waals surface area contributed by atoms with Crippen molar-refractivity contribution in [2.24, 2.45) is 0 Å². The van der Waals surface area contributed by atoms with Gasteiger partial charge in [-0.25, -0.2) is 0 Å². The summed E-state index contributed by atoms with van der Waals surface area (Å²) < 4.78 is 27.4. The third kappa shape index (κ3) is 7.77. The summed E-state index contributed by atoms with van der Waals surface area (Å²) >= 11 is 0. The number of ether oxygens (including phenoxy) is 5. The number of hydrogen-bond acceptors (Lipinski definition) is 10. The second-order valence-corrected chi connectivity index (χ2v) is 6.14. The van der Waals surface area contributed by atoms with Crippen LogP contribution in [0.25, 0.3) is 0 Å². The summed E-state index contributed by atoms with van der Waals surface area (Å²) in [5, 5.41) is 32.0. The Kier molecular flexibility index (Phi) is 9.50. The van der Waals surface area contributed by atoms with E-state index in [1.165, 1.54) is 0 Å². The zero-order valence-electron chi connectivity index (χ0n) is 15.8. The summed E-state index contributed by atoms with van der Waals surface area (Å²) in [6, 6.07) is 1.60. The maximum absolute atomic E-state index is 11.0. The highest BCUT2D eigenvalue weighted by atomic mass is 16.6. The molecule has 162 valence electrons. The van der Waals surface area contributed by atoms with E-state index in [0.29, 0.717) is 58.5 Å². The number of aromatic hydroxyl groups is 1. The van der Waals surface area contributed by atoms with Crippen molar-refractivity contribution in [2.75, 3.05) is 52.9 Å². The Hall–Kier alpha value is -2.54. The predicted molar refractivity (Wildman–Crippen MR) is 98.3 cm³/mol. The molecule has 0 radical (unpaired) electrons. The lowest BCUT2D eigenvalue weighted by atomic mass is 10.2. The van der Waals surface area contributed by atoms with Gasteiger partial charge in [0.2, 0.25) is 5.75 Å². The fourth-order valence-electron chi connectivity index (χ4n) is 2.47. The largest absolute Gasteiger partial charge is 0.500 e. The van der Waals surface area contributed by atoms with Gasteiger partial charge < -0.3 is 28.8 Å². The van der Waals surface area contributed by atoms with Crippen LogP contribution in [0.4, 0.5) is 11.4 Å². The van der Waals surface area contributed by atoms with Crippen LogP contribution in [0, 0.1) is 20.2 Å². The molecule has 1 N–H and O–H groups in total. The number of nitro groups is 2. The van der Waals surface area contributed by atoms with Crippen LogP contribution in [0.15, 0.2) is 12.1 Å². The van der Waals surface area contributed by atoms with Crippen LogP contribution in [0.5, 0.6) is 11.5 Å². The first-order chi connectivity index (χ1) is 14.0. The SMILES string of the molecule is O=[N+]([O-])c1cc(OCC2COCCCOCCOCCCO2)c(O)c([N+](=O)[O-])c1. The van der Waals surface area contributed by atoms with Crippen LogP contribution in [-0.4, -0.2) is 73.9 Å². The van der Waals surface area contributed by atoms with E-state index >= 15 is 0 Å². The maximum atomic E-state index is 11.0. The van der Waals surface area contributed by atoms with Crippen molar-refractivity contribution in [3.05, 3.63) is 32.4 Å². The molecule has 0 aliphatic carbocycles. The molecule has 1 atom stereocenters. The number of rotatable bonds is 5. The van der Waals surface area contributed by atoms with Gasteiger partial charge in [-0.2, -0.15) is 0 Å². The Labute approximate surface area is 166 Å². The van der Waals surface area contributed by atoms with Crippen LogP contribution < -0.4 is 4.74 Å². The van der Waals surface area contributed by atoms with Crippen molar-refractivity contribution in [1.29, 1.82) is 0 Å². The van der Waals surface area contributed by atoms with Gasteiger partial charge in [0, 0.05) is 26.4 Å².